The highest BCUT2D eigenvalue weighted by atomic mass is 16.5. The van der Waals surface area contributed by atoms with Crippen LogP contribution in [0, 0.1) is 0 Å². The van der Waals surface area contributed by atoms with Gasteiger partial charge in [-0.2, -0.15) is 0 Å². The van der Waals surface area contributed by atoms with Gasteiger partial charge in [0.2, 0.25) is 5.91 Å². The van der Waals surface area contributed by atoms with Gasteiger partial charge in [0.1, 0.15) is 17.5 Å². The fourth-order valence-corrected chi connectivity index (χ4v) is 7.24. The van der Waals surface area contributed by atoms with Crippen LogP contribution in [0.25, 0.3) is 16.5 Å². The number of carbonyl (C=O) groups excluding carboxylic acids is 5. The molecule has 0 atom stereocenters. The van der Waals surface area contributed by atoms with Crippen molar-refractivity contribution in [2.24, 2.45) is 0 Å². The predicted octanol–water partition coefficient (Wildman–Crippen LogP) is 4.69. The number of allylic oxidation sites excluding steroid dienone is 4. The summed E-state index contributed by atoms with van der Waals surface area (Å²) in [5, 5.41) is 0.312. The lowest BCUT2D eigenvalue weighted by molar-refractivity contribution is -0.127. The van der Waals surface area contributed by atoms with Crippen molar-refractivity contribution in [2.45, 2.75) is 31.6 Å². The van der Waals surface area contributed by atoms with Crippen LogP contribution < -0.4 is 20.1 Å². The molecule has 3 amide bonds. The molecule has 0 bridgehead atoms. The van der Waals surface area contributed by atoms with Gasteiger partial charge in [0, 0.05) is 62.0 Å². The predicted molar refractivity (Wildman–Crippen MR) is 190 cm³/mol. The smallest absolute Gasteiger partial charge is 0.266 e. The maximum absolute atomic E-state index is 14.1. The minimum atomic E-state index is -1.42. The van der Waals surface area contributed by atoms with Crippen molar-refractivity contribution in [2.75, 3.05) is 43.6 Å². The standard InChI is InChI=1S/C39H33N5O7/c1-42(2)22-10-13-30-29(17-22)37(48)41-36(40-30)33-34(46)25-19-27-28(20-26(25)35(33)47)39(50)44(38(27)49)31-18-23(11-12-24(31)21-7-3-4-8-21)51-16-6-15-43-14-5-9-32(43)45/h3-4,7,10-13,17-20,33H,5-6,8-9,14-16H2,1-2H3,(H,40,41,48). The van der Waals surface area contributed by atoms with Crippen molar-refractivity contribution in [3.8, 4) is 5.75 Å². The molecule has 3 heterocycles. The Kier molecular flexibility index (Phi) is 7.74. The van der Waals surface area contributed by atoms with Crippen LogP contribution in [0.3, 0.4) is 0 Å². The lowest BCUT2D eigenvalue weighted by Crippen LogP contribution is -2.30. The maximum atomic E-state index is 14.1. The van der Waals surface area contributed by atoms with E-state index in [2.05, 4.69) is 9.97 Å². The fraction of sp³-hybridized carbons (Fsp3) is 0.256. The van der Waals surface area contributed by atoms with Crippen LogP contribution in [0.5, 0.6) is 5.75 Å². The molecule has 1 aromatic heterocycles. The number of likely N-dealkylation sites (tertiary alicyclic amines) is 1. The topological polar surface area (TPSA) is 150 Å². The quantitative estimate of drug-likeness (QED) is 0.151. The van der Waals surface area contributed by atoms with Crippen LogP contribution in [0.15, 0.2) is 71.6 Å². The first-order valence-corrected chi connectivity index (χ1v) is 16.9. The first-order chi connectivity index (χ1) is 24.6. The first-order valence-electron chi connectivity index (χ1n) is 16.9. The number of Topliss-reactive ketones (excluding diaryl/α,β-unsaturated/α-hetero) is 2. The van der Waals surface area contributed by atoms with Gasteiger partial charge in [-0.15, -0.1) is 0 Å². The largest absolute Gasteiger partial charge is 0.493 e. The molecule has 8 rings (SSSR count). The Labute approximate surface area is 292 Å². The van der Waals surface area contributed by atoms with Gasteiger partial charge in [0.25, 0.3) is 17.4 Å². The molecule has 256 valence electrons. The lowest BCUT2D eigenvalue weighted by Gasteiger charge is -2.21. The Morgan fingerprint density at radius 2 is 1.63 bits per heavy atom. The van der Waals surface area contributed by atoms with E-state index in [9.17, 15) is 28.8 Å². The Bertz CT molecular complexity index is 2300. The number of fused-ring (bicyclic) bond motifs is 3. The zero-order valence-electron chi connectivity index (χ0n) is 28.0. The molecule has 12 nitrogen and oxygen atoms in total. The summed E-state index contributed by atoms with van der Waals surface area (Å²) in [5.74, 6) is -3.40. The minimum absolute atomic E-state index is 0.00260. The van der Waals surface area contributed by atoms with E-state index in [1.54, 1.807) is 30.3 Å². The summed E-state index contributed by atoms with van der Waals surface area (Å²) < 4.78 is 6.02. The number of carbonyl (C=O) groups is 5. The number of nitrogens with zero attached hydrogens (tertiary/aromatic N) is 4. The second kappa shape index (κ2) is 12.3. The van der Waals surface area contributed by atoms with Gasteiger partial charge in [-0.05, 0) is 67.3 Å². The van der Waals surface area contributed by atoms with Crippen molar-refractivity contribution in [1.29, 1.82) is 0 Å². The summed E-state index contributed by atoms with van der Waals surface area (Å²) in [4.78, 5) is 92.5. The van der Waals surface area contributed by atoms with Crippen molar-refractivity contribution >= 4 is 57.1 Å². The van der Waals surface area contributed by atoms with Crippen molar-refractivity contribution < 1.29 is 28.7 Å². The van der Waals surface area contributed by atoms with Crippen LogP contribution in [-0.4, -0.2) is 77.9 Å². The third-order valence-corrected chi connectivity index (χ3v) is 9.92. The number of imide groups is 1. The maximum Gasteiger partial charge on any atom is 0.266 e. The number of H-pyrrole nitrogens is 1. The Morgan fingerprint density at radius 3 is 2.27 bits per heavy atom. The van der Waals surface area contributed by atoms with E-state index in [1.165, 1.54) is 12.1 Å². The Balaban J connectivity index is 1.09. The number of ether oxygens (including phenoxy) is 1. The van der Waals surface area contributed by atoms with Gasteiger partial charge >= 0.3 is 0 Å². The van der Waals surface area contributed by atoms with Crippen molar-refractivity contribution in [3.05, 3.63) is 111 Å². The molecule has 1 saturated heterocycles. The summed E-state index contributed by atoms with van der Waals surface area (Å²) in [6.45, 7) is 1.68. The third kappa shape index (κ3) is 5.34. The number of aromatic amines is 1. The lowest BCUT2D eigenvalue weighted by atomic mass is 10.0. The third-order valence-electron chi connectivity index (χ3n) is 9.92. The number of rotatable bonds is 9. The molecule has 4 aliphatic rings. The van der Waals surface area contributed by atoms with Gasteiger partial charge in [0.05, 0.1) is 34.3 Å². The molecule has 0 spiro atoms. The molecule has 0 unspecified atom stereocenters. The summed E-state index contributed by atoms with van der Waals surface area (Å²) in [5.41, 5.74) is 2.53. The highest BCUT2D eigenvalue weighted by Gasteiger charge is 2.46. The molecule has 0 saturated carbocycles. The van der Waals surface area contributed by atoms with E-state index in [0.29, 0.717) is 60.3 Å². The SMILES string of the molecule is CN(C)c1ccc2nc(C3C(=O)c4cc5c(cc4C3=O)C(=O)N(c3cc(OCCCN4CCCC4=O)ccc3C3=CC=CC3)C5=O)[nH]c(=O)c2c1. The van der Waals surface area contributed by atoms with Crippen LogP contribution in [0.2, 0.25) is 0 Å². The molecule has 4 aromatic rings. The second-order valence-electron chi connectivity index (χ2n) is 13.3. The first kappa shape index (κ1) is 32.1. The highest BCUT2D eigenvalue weighted by molar-refractivity contribution is 6.37. The fourth-order valence-electron chi connectivity index (χ4n) is 7.24. The summed E-state index contributed by atoms with van der Waals surface area (Å²) in [6, 6.07) is 13.0. The van der Waals surface area contributed by atoms with Gasteiger partial charge in [-0.3, -0.25) is 28.8 Å². The highest BCUT2D eigenvalue weighted by Crippen LogP contribution is 2.41. The van der Waals surface area contributed by atoms with Crippen molar-refractivity contribution in [1.82, 2.24) is 14.9 Å². The van der Waals surface area contributed by atoms with Crippen LogP contribution in [0.1, 0.15) is 84.4 Å². The molecule has 3 aromatic carbocycles. The molecule has 0 radical (unpaired) electrons. The average molecular weight is 684 g/mol. The monoisotopic (exact) mass is 683 g/mol. The summed E-state index contributed by atoms with van der Waals surface area (Å²) >= 11 is 0. The van der Waals surface area contributed by atoms with E-state index in [0.717, 1.165) is 29.1 Å². The molecule has 1 N–H and O–H groups in total. The molecule has 2 aliphatic carbocycles. The number of ketones is 2. The summed E-state index contributed by atoms with van der Waals surface area (Å²) in [7, 11) is 3.68. The number of hydrogen-bond acceptors (Lipinski definition) is 9. The van der Waals surface area contributed by atoms with E-state index in [-0.39, 0.29) is 34.0 Å². The Morgan fingerprint density at radius 1 is 0.882 bits per heavy atom. The zero-order valence-corrected chi connectivity index (χ0v) is 28.0. The Hall–Kier alpha value is -6.17. The van der Waals surface area contributed by atoms with Crippen LogP contribution in [-0.2, 0) is 4.79 Å². The van der Waals surface area contributed by atoms with E-state index >= 15 is 0 Å². The number of nitrogens with one attached hydrogen (secondary N) is 1. The number of amides is 3. The van der Waals surface area contributed by atoms with E-state index in [4.69, 9.17) is 4.74 Å². The number of aromatic nitrogens is 2. The number of anilines is 2. The number of benzene rings is 3. The van der Waals surface area contributed by atoms with E-state index < -0.39 is 34.9 Å². The van der Waals surface area contributed by atoms with Gasteiger partial charge in [-0.1, -0.05) is 18.2 Å². The van der Waals surface area contributed by atoms with Gasteiger partial charge in [-0.25, -0.2) is 9.88 Å². The molecule has 2 aliphatic heterocycles. The zero-order chi connectivity index (χ0) is 35.6. The number of hydrogen-bond donors (Lipinski definition) is 1. The minimum Gasteiger partial charge on any atom is -0.493 e. The molecular formula is C39H33N5O7. The molecule has 1 fully saturated rings. The van der Waals surface area contributed by atoms with Crippen molar-refractivity contribution in [3.63, 3.8) is 0 Å². The second-order valence-corrected chi connectivity index (χ2v) is 13.3. The van der Waals surface area contributed by atoms with Gasteiger partial charge < -0.3 is 19.5 Å². The van der Waals surface area contributed by atoms with E-state index in [1.807, 2.05) is 48.2 Å². The average Bonchev–Trinajstić information content (AvgIpc) is 3.90. The van der Waals surface area contributed by atoms with Crippen LogP contribution in [0.4, 0.5) is 11.4 Å². The summed E-state index contributed by atoms with van der Waals surface area (Å²) in [6.07, 6.45) is 8.47. The molecule has 12 heteroatoms. The normalized spacial score (nSPS) is 16.9. The molecular weight excluding hydrogens is 650 g/mol. The molecule has 51 heavy (non-hydrogen) atoms. The van der Waals surface area contributed by atoms with Gasteiger partial charge in [0.15, 0.2) is 11.6 Å². The van der Waals surface area contributed by atoms with Crippen LogP contribution >= 0.6 is 0 Å².